The topological polar surface area (TPSA) is 58.2 Å². The molecule has 0 aliphatic rings. The number of hydrogen-bond acceptors (Lipinski definition) is 2. The molecule has 0 bridgehead atoms. The fraction of sp³-hybridized carbons (Fsp3) is 0.600. The number of carbonyl (C=O) groups excluding carboxylic acids is 2. The molecule has 0 aliphatic heterocycles. The van der Waals surface area contributed by atoms with Crippen LogP contribution in [0.1, 0.15) is 26.2 Å². The average Bonchev–Trinajstić information content (AvgIpc) is 2.15. The molecule has 0 fully saturated rings. The Hall–Kier alpha value is -1.32. The largest absolute Gasteiger partial charge is 0.356 e. The zero-order valence-corrected chi connectivity index (χ0v) is 8.64. The third-order valence-corrected chi connectivity index (χ3v) is 1.71. The Morgan fingerprint density at radius 2 is 1.71 bits per heavy atom. The second-order valence-electron chi connectivity index (χ2n) is 3.04. The van der Waals surface area contributed by atoms with E-state index in [1.54, 1.807) is 0 Å². The fourth-order valence-corrected chi connectivity index (χ4v) is 0.975. The van der Waals surface area contributed by atoms with Crippen molar-refractivity contribution in [2.75, 3.05) is 13.1 Å². The van der Waals surface area contributed by atoms with E-state index in [-0.39, 0.29) is 11.8 Å². The van der Waals surface area contributed by atoms with Gasteiger partial charge in [-0.15, -0.1) is 0 Å². The van der Waals surface area contributed by atoms with Crippen LogP contribution < -0.4 is 10.6 Å². The summed E-state index contributed by atoms with van der Waals surface area (Å²) in [5, 5.41) is 5.40. The third kappa shape index (κ3) is 8.77. The average molecular weight is 198 g/mol. The summed E-state index contributed by atoms with van der Waals surface area (Å²) < 4.78 is 0. The first-order valence-corrected chi connectivity index (χ1v) is 4.81. The SMILES string of the molecule is C=CC(=O)NCCCCCNC(C)=O. The first-order valence-electron chi connectivity index (χ1n) is 4.81. The summed E-state index contributed by atoms with van der Waals surface area (Å²) in [6.07, 6.45) is 4.14. The Bertz CT molecular complexity index is 202. The second-order valence-corrected chi connectivity index (χ2v) is 3.04. The van der Waals surface area contributed by atoms with Crippen LogP contribution in [0.4, 0.5) is 0 Å². The molecule has 0 aromatic heterocycles. The Kier molecular flexibility index (Phi) is 7.50. The molecule has 0 spiro atoms. The maximum absolute atomic E-state index is 10.7. The van der Waals surface area contributed by atoms with Crippen LogP contribution in [-0.4, -0.2) is 24.9 Å². The van der Waals surface area contributed by atoms with Crippen LogP contribution in [0.15, 0.2) is 12.7 Å². The molecule has 14 heavy (non-hydrogen) atoms. The van der Waals surface area contributed by atoms with E-state index in [0.29, 0.717) is 13.1 Å². The zero-order valence-electron chi connectivity index (χ0n) is 8.64. The molecule has 0 aromatic rings. The summed E-state index contributed by atoms with van der Waals surface area (Å²) in [6.45, 7) is 6.24. The maximum atomic E-state index is 10.7. The number of carbonyl (C=O) groups is 2. The molecular weight excluding hydrogens is 180 g/mol. The number of rotatable bonds is 7. The first-order chi connectivity index (χ1) is 6.66. The normalized spacial score (nSPS) is 9.21. The van der Waals surface area contributed by atoms with Crippen molar-refractivity contribution >= 4 is 11.8 Å². The van der Waals surface area contributed by atoms with Crippen molar-refractivity contribution in [3.63, 3.8) is 0 Å². The van der Waals surface area contributed by atoms with Gasteiger partial charge in [-0.2, -0.15) is 0 Å². The lowest BCUT2D eigenvalue weighted by Gasteiger charge is -2.03. The van der Waals surface area contributed by atoms with Crippen molar-refractivity contribution in [3.05, 3.63) is 12.7 Å². The summed E-state index contributed by atoms with van der Waals surface area (Å²) in [6, 6.07) is 0. The summed E-state index contributed by atoms with van der Waals surface area (Å²) in [5.74, 6) is -0.128. The van der Waals surface area contributed by atoms with Gasteiger partial charge in [0.05, 0.1) is 0 Å². The lowest BCUT2D eigenvalue weighted by atomic mass is 10.2. The highest BCUT2D eigenvalue weighted by atomic mass is 16.2. The highest BCUT2D eigenvalue weighted by Gasteiger charge is 1.93. The standard InChI is InChI=1S/C10H18N2O2/c1-3-10(14)12-8-6-4-5-7-11-9(2)13/h3H,1,4-8H2,2H3,(H,11,13)(H,12,14). The number of nitrogens with one attached hydrogen (secondary N) is 2. The van der Waals surface area contributed by atoms with E-state index < -0.39 is 0 Å². The molecule has 0 aliphatic carbocycles. The lowest BCUT2D eigenvalue weighted by Crippen LogP contribution is -2.23. The quantitative estimate of drug-likeness (QED) is 0.465. The van der Waals surface area contributed by atoms with Gasteiger partial charge in [0, 0.05) is 20.0 Å². The lowest BCUT2D eigenvalue weighted by molar-refractivity contribution is -0.119. The van der Waals surface area contributed by atoms with E-state index in [0.717, 1.165) is 19.3 Å². The van der Waals surface area contributed by atoms with Gasteiger partial charge in [0.15, 0.2) is 0 Å². The zero-order chi connectivity index (χ0) is 10.8. The van der Waals surface area contributed by atoms with Gasteiger partial charge in [-0.3, -0.25) is 9.59 Å². The number of hydrogen-bond donors (Lipinski definition) is 2. The number of unbranched alkanes of at least 4 members (excludes halogenated alkanes) is 2. The van der Waals surface area contributed by atoms with Crippen molar-refractivity contribution in [1.82, 2.24) is 10.6 Å². The molecule has 0 radical (unpaired) electrons. The number of amides is 2. The van der Waals surface area contributed by atoms with Crippen LogP contribution in [0, 0.1) is 0 Å². The minimum Gasteiger partial charge on any atom is -0.356 e. The van der Waals surface area contributed by atoms with Gasteiger partial charge >= 0.3 is 0 Å². The Morgan fingerprint density at radius 1 is 1.14 bits per heavy atom. The summed E-state index contributed by atoms with van der Waals surface area (Å²) in [4.78, 5) is 21.2. The van der Waals surface area contributed by atoms with Gasteiger partial charge in [-0.05, 0) is 25.3 Å². The molecule has 0 saturated heterocycles. The minimum atomic E-state index is -0.133. The molecule has 4 heteroatoms. The third-order valence-electron chi connectivity index (χ3n) is 1.71. The Labute approximate surface area is 84.8 Å². The summed E-state index contributed by atoms with van der Waals surface area (Å²) in [7, 11) is 0. The van der Waals surface area contributed by atoms with E-state index in [2.05, 4.69) is 17.2 Å². The van der Waals surface area contributed by atoms with Crippen LogP contribution in [0.3, 0.4) is 0 Å². The Balaban J connectivity index is 3.10. The van der Waals surface area contributed by atoms with Crippen molar-refractivity contribution < 1.29 is 9.59 Å². The van der Waals surface area contributed by atoms with E-state index >= 15 is 0 Å². The molecule has 4 nitrogen and oxygen atoms in total. The fourth-order valence-electron chi connectivity index (χ4n) is 0.975. The molecule has 2 amide bonds. The molecule has 0 aromatic carbocycles. The monoisotopic (exact) mass is 198 g/mol. The predicted molar refractivity (Wildman–Crippen MR) is 55.7 cm³/mol. The predicted octanol–water partition coefficient (Wildman–Crippen LogP) is 0.595. The molecule has 0 unspecified atom stereocenters. The van der Waals surface area contributed by atoms with Crippen LogP contribution in [0.25, 0.3) is 0 Å². The highest BCUT2D eigenvalue weighted by Crippen LogP contribution is 1.92. The van der Waals surface area contributed by atoms with Gasteiger partial charge in [-0.1, -0.05) is 6.58 Å². The first kappa shape index (κ1) is 12.7. The highest BCUT2D eigenvalue weighted by molar-refractivity contribution is 5.86. The van der Waals surface area contributed by atoms with Gasteiger partial charge in [0.1, 0.15) is 0 Å². The van der Waals surface area contributed by atoms with Crippen LogP contribution in [0.5, 0.6) is 0 Å². The molecular formula is C10H18N2O2. The van der Waals surface area contributed by atoms with Gasteiger partial charge in [-0.25, -0.2) is 0 Å². The summed E-state index contributed by atoms with van der Waals surface area (Å²) in [5.41, 5.74) is 0. The van der Waals surface area contributed by atoms with E-state index in [1.165, 1.54) is 13.0 Å². The van der Waals surface area contributed by atoms with Crippen LogP contribution >= 0.6 is 0 Å². The van der Waals surface area contributed by atoms with Crippen LogP contribution in [-0.2, 0) is 9.59 Å². The minimum absolute atomic E-state index is 0.00459. The van der Waals surface area contributed by atoms with E-state index in [9.17, 15) is 9.59 Å². The summed E-state index contributed by atoms with van der Waals surface area (Å²) >= 11 is 0. The van der Waals surface area contributed by atoms with E-state index in [4.69, 9.17) is 0 Å². The van der Waals surface area contributed by atoms with Gasteiger partial charge in [0.25, 0.3) is 0 Å². The molecule has 0 atom stereocenters. The maximum Gasteiger partial charge on any atom is 0.243 e. The van der Waals surface area contributed by atoms with Crippen LogP contribution in [0.2, 0.25) is 0 Å². The molecule has 2 N–H and O–H groups in total. The molecule has 80 valence electrons. The van der Waals surface area contributed by atoms with Crippen molar-refractivity contribution in [1.29, 1.82) is 0 Å². The van der Waals surface area contributed by atoms with Gasteiger partial charge < -0.3 is 10.6 Å². The Morgan fingerprint density at radius 3 is 2.21 bits per heavy atom. The van der Waals surface area contributed by atoms with Crippen molar-refractivity contribution in [3.8, 4) is 0 Å². The smallest absolute Gasteiger partial charge is 0.243 e. The second kappa shape index (κ2) is 8.29. The molecule has 0 saturated carbocycles. The van der Waals surface area contributed by atoms with Crippen molar-refractivity contribution in [2.45, 2.75) is 26.2 Å². The van der Waals surface area contributed by atoms with E-state index in [1.807, 2.05) is 0 Å². The van der Waals surface area contributed by atoms with Gasteiger partial charge in [0.2, 0.25) is 11.8 Å². The molecule has 0 rings (SSSR count). The molecule has 0 heterocycles. The van der Waals surface area contributed by atoms with Crippen molar-refractivity contribution in [2.24, 2.45) is 0 Å².